The summed E-state index contributed by atoms with van der Waals surface area (Å²) in [6, 6.07) is 3.97. The van der Waals surface area contributed by atoms with E-state index >= 15 is 0 Å². The molecule has 2 aromatic rings. The molecule has 0 fully saturated rings. The molecule has 24 heavy (non-hydrogen) atoms. The van der Waals surface area contributed by atoms with Gasteiger partial charge < -0.3 is 14.8 Å². The third-order valence-corrected chi connectivity index (χ3v) is 5.05. The first kappa shape index (κ1) is 15.1. The summed E-state index contributed by atoms with van der Waals surface area (Å²) in [7, 11) is 3.26. The van der Waals surface area contributed by atoms with Crippen molar-refractivity contribution in [3.05, 3.63) is 40.2 Å². The SMILES string of the molecule is COc1cc2c(cc1OC)[C@H](NC(=O)c1n[nH]c3c1CCC3)CC2. The number of hydrogen-bond donors (Lipinski definition) is 2. The minimum Gasteiger partial charge on any atom is -0.493 e. The lowest BCUT2D eigenvalue weighted by Crippen LogP contribution is -2.28. The molecule has 0 saturated heterocycles. The third-order valence-electron chi connectivity index (χ3n) is 5.05. The van der Waals surface area contributed by atoms with Gasteiger partial charge in [-0.3, -0.25) is 9.89 Å². The molecule has 126 valence electrons. The molecule has 0 spiro atoms. The van der Waals surface area contributed by atoms with Gasteiger partial charge in [-0.25, -0.2) is 0 Å². The van der Waals surface area contributed by atoms with Crippen molar-refractivity contribution in [2.24, 2.45) is 0 Å². The highest BCUT2D eigenvalue weighted by Gasteiger charge is 2.29. The average molecular weight is 327 g/mol. The molecule has 0 bridgehead atoms. The number of aromatic nitrogens is 2. The van der Waals surface area contributed by atoms with Crippen molar-refractivity contribution in [2.75, 3.05) is 14.2 Å². The lowest BCUT2D eigenvalue weighted by Gasteiger charge is -2.16. The smallest absolute Gasteiger partial charge is 0.272 e. The van der Waals surface area contributed by atoms with Crippen LogP contribution in [0.25, 0.3) is 0 Å². The second kappa shape index (κ2) is 5.85. The normalized spacial score (nSPS) is 18.2. The summed E-state index contributed by atoms with van der Waals surface area (Å²) in [6.45, 7) is 0. The first-order valence-corrected chi connectivity index (χ1v) is 8.33. The van der Waals surface area contributed by atoms with Crippen molar-refractivity contribution in [1.29, 1.82) is 0 Å². The van der Waals surface area contributed by atoms with E-state index in [0.717, 1.165) is 54.7 Å². The fraction of sp³-hybridized carbons (Fsp3) is 0.444. The average Bonchev–Trinajstić information content (AvgIpc) is 3.29. The molecular weight excluding hydrogens is 306 g/mol. The van der Waals surface area contributed by atoms with Crippen LogP contribution in [0, 0.1) is 0 Å². The van der Waals surface area contributed by atoms with E-state index in [4.69, 9.17) is 9.47 Å². The summed E-state index contributed by atoms with van der Waals surface area (Å²) >= 11 is 0. The largest absolute Gasteiger partial charge is 0.493 e. The number of methoxy groups -OCH3 is 2. The molecular formula is C18H21N3O3. The highest BCUT2D eigenvalue weighted by Crippen LogP contribution is 2.39. The zero-order valence-corrected chi connectivity index (χ0v) is 13.9. The van der Waals surface area contributed by atoms with Gasteiger partial charge in [0.05, 0.1) is 20.3 Å². The molecule has 2 aliphatic carbocycles. The monoisotopic (exact) mass is 327 g/mol. The van der Waals surface area contributed by atoms with Crippen LogP contribution in [0.2, 0.25) is 0 Å². The molecule has 0 unspecified atom stereocenters. The fourth-order valence-corrected chi connectivity index (χ4v) is 3.82. The first-order valence-electron chi connectivity index (χ1n) is 8.33. The molecule has 0 radical (unpaired) electrons. The van der Waals surface area contributed by atoms with Crippen LogP contribution < -0.4 is 14.8 Å². The van der Waals surface area contributed by atoms with Crippen molar-refractivity contribution in [2.45, 2.75) is 38.1 Å². The Morgan fingerprint density at radius 3 is 2.79 bits per heavy atom. The van der Waals surface area contributed by atoms with Crippen molar-refractivity contribution in [3.8, 4) is 11.5 Å². The van der Waals surface area contributed by atoms with E-state index in [9.17, 15) is 4.79 Å². The van der Waals surface area contributed by atoms with E-state index in [-0.39, 0.29) is 11.9 Å². The van der Waals surface area contributed by atoms with Gasteiger partial charge in [-0.2, -0.15) is 5.10 Å². The minimum atomic E-state index is -0.0953. The molecule has 1 heterocycles. The summed E-state index contributed by atoms with van der Waals surface area (Å²) in [4.78, 5) is 12.7. The second-order valence-electron chi connectivity index (χ2n) is 6.35. The standard InChI is InChI=1S/C18H21N3O3/c1-23-15-8-10-6-7-13(12(10)9-16(15)24-2)19-18(22)17-11-4-3-5-14(11)20-21-17/h8-9,13H,3-7H2,1-2H3,(H,19,22)(H,20,21)/t13-/m1/s1. The highest BCUT2D eigenvalue weighted by molar-refractivity contribution is 5.94. The van der Waals surface area contributed by atoms with Gasteiger partial charge in [0, 0.05) is 11.3 Å². The number of aryl methyl sites for hydroxylation is 2. The van der Waals surface area contributed by atoms with Gasteiger partial charge in [0.15, 0.2) is 17.2 Å². The molecule has 1 amide bonds. The number of nitrogens with one attached hydrogen (secondary N) is 2. The maximum absolute atomic E-state index is 12.7. The van der Waals surface area contributed by atoms with Crippen LogP contribution in [0.5, 0.6) is 11.5 Å². The zero-order valence-electron chi connectivity index (χ0n) is 13.9. The van der Waals surface area contributed by atoms with Crippen LogP contribution in [0.1, 0.15) is 51.8 Å². The summed E-state index contributed by atoms with van der Waals surface area (Å²) in [6.07, 6.45) is 4.80. The van der Waals surface area contributed by atoms with Crippen LogP contribution in [0.3, 0.4) is 0 Å². The topological polar surface area (TPSA) is 76.2 Å². The summed E-state index contributed by atoms with van der Waals surface area (Å²) in [5.41, 5.74) is 5.05. The third kappa shape index (κ3) is 2.33. The van der Waals surface area contributed by atoms with Crippen molar-refractivity contribution < 1.29 is 14.3 Å². The molecule has 2 aliphatic rings. The van der Waals surface area contributed by atoms with E-state index in [1.807, 2.05) is 12.1 Å². The van der Waals surface area contributed by atoms with E-state index in [1.54, 1.807) is 14.2 Å². The van der Waals surface area contributed by atoms with Gasteiger partial charge in [0.2, 0.25) is 0 Å². The van der Waals surface area contributed by atoms with Crippen LogP contribution in [-0.2, 0) is 19.3 Å². The Labute approximate surface area is 140 Å². The van der Waals surface area contributed by atoms with E-state index in [2.05, 4.69) is 15.5 Å². The number of H-pyrrole nitrogens is 1. The van der Waals surface area contributed by atoms with E-state index < -0.39 is 0 Å². The number of carbonyl (C=O) groups is 1. The molecule has 6 heteroatoms. The van der Waals surface area contributed by atoms with Crippen LogP contribution in [0.15, 0.2) is 12.1 Å². The van der Waals surface area contributed by atoms with Gasteiger partial charge in [0.25, 0.3) is 5.91 Å². The molecule has 6 nitrogen and oxygen atoms in total. The van der Waals surface area contributed by atoms with E-state index in [1.165, 1.54) is 5.56 Å². The highest BCUT2D eigenvalue weighted by atomic mass is 16.5. The maximum Gasteiger partial charge on any atom is 0.272 e. The predicted octanol–water partition coefficient (Wildman–Crippen LogP) is 2.33. The molecule has 4 rings (SSSR count). The maximum atomic E-state index is 12.7. The van der Waals surface area contributed by atoms with Crippen molar-refractivity contribution in [1.82, 2.24) is 15.5 Å². The lowest BCUT2D eigenvalue weighted by atomic mass is 10.1. The Hall–Kier alpha value is -2.50. The number of aromatic amines is 1. The second-order valence-corrected chi connectivity index (χ2v) is 6.35. The van der Waals surface area contributed by atoms with Crippen LogP contribution in [-0.4, -0.2) is 30.3 Å². The van der Waals surface area contributed by atoms with Gasteiger partial charge >= 0.3 is 0 Å². The molecule has 0 saturated carbocycles. The Morgan fingerprint density at radius 1 is 1.21 bits per heavy atom. The van der Waals surface area contributed by atoms with Gasteiger partial charge in [-0.1, -0.05) is 0 Å². The molecule has 1 aromatic carbocycles. The molecule has 0 aliphatic heterocycles. The van der Waals surface area contributed by atoms with Crippen molar-refractivity contribution >= 4 is 5.91 Å². The Balaban J connectivity index is 1.58. The fourth-order valence-electron chi connectivity index (χ4n) is 3.82. The van der Waals surface area contributed by atoms with Gasteiger partial charge in [0.1, 0.15) is 0 Å². The van der Waals surface area contributed by atoms with Crippen molar-refractivity contribution in [3.63, 3.8) is 0 Å². The quantitative estimate of drug-likeness (QED) is 0.904. The number of rotatable bonds is 4. The van der Waals surface area contributed by atoms with E-state index in [0.29, 0.717) is 11.4 Å². The number of benzene rings is 1. The molecule has 2 N–H and O–H groups in total. The first-order chi connectivity index (χ1) is 11.7. The number of amides is 1. The Kier molecular flexibility index (Phi) is 3.67. The Morgan fingerprint density at radius 2 is 2.00 bits per heavy atom. The zero-order chi connectivity index (χ0) is 16.7. The minimum absolute atomic E-state index is 0.0129. The van der Waals surface area contributed by atoms with Gasteiger partial charge in [-0.15, -0.1) is 0 Å². The van der Waals surface area contributed by atoms with Crippen LogP contribution in [0.4, 0.5) is 0 Å². The number of hydrogen-bond acceptors (Lipinski definition) is 4. The summed E-state index contributed by atoms with van der Waals surface area (Å²) in [5.74, 6) is 1.33. The Bertz CT molecular complexity index is 797. The predicted molar refractivity (Wildman–Crippen MR) is 88.7 cm³/mol. The number of nitrogens with zero attached hydrogens (tertiary/aromatic N) is 1. The lowest BCUT2D eigenvalue weighted by molar-refractivity contribution is 0.0930. The molecule has 1 atom stereocenters. The molecule has 1 aromatic heterocycles. The number of carbonyl (C=O) groups excluding carboxylic acids is 1. The van der Waals surface area contributed by atoms with Gasteiger partial charge in [-0.05, 0) is 55.4 Å². The number of ether oxygens (including phenoxy) is 2. The summed E-state index contributed by atoms with van der Waals surface area (Å²) < 4.78 is 10.8. The summed E-state index contributed by atoms with van der Waals surface area (Å²) in [5, 5.41) is 10.4. The van der Waals surface area contributed by atoms with Crippen LogP contribution >= 0.6 is 0 Å². The number of fused-ring (bicyclic) bond motifs is 2.